The first-order valence-electron chi connectivity index (χ1n) is 5.31. The van der Waals surface area contributed by atoms with Gasteiger partial charge in [-0.15, -0.1) is 11.3 Å². The number of thiazole rings is 1. The first-order chi connectivity index (χ1) is 9.04. The van der Waals surface area contributed by atoms with E-state index in [1.165, 1.54) is 4.90 Å². The third-order valence-electron chi connectivity index (χ3n) is 1.94. The number of carbonyl (C=O) groups excluding carboxylic acids is 1. The van der Waals surface area contributed by atoms with Gasteiger partial charge >= 0.3 is 0 Å². The summed E-state index contributed by atoms with van der Waals surface area (Å²) in [6, 6.07) is 0. The average Bonchev–Trinajstić information content (AvgIpc) is 2.95. The number of hydrogen-bond donors (Lipinski definition) is 0. The smallest absolute Gasteiger partial charge is 0.294 e. The van der Waals surface area contributed by atoms with Crippen LogP contribution in [0.5, 0.6) is 5.19 Å². The molecule has 0 aromatic carbocycles. The molecule has 0 fully saturated rings. The largest absolute Gasteiger partial charge is 0.463 e. The molecule has 0 spiro atoms. The lowest BCUT2D eigenvalue weighted by molar-refractivity contribution is 0.241. The number of hydrogen-bond acceptors (Lipinski definition) is 8. The topological polar surface area (TPSA) is 68.2 Å². The molecule has 0 unspecified atom stereocenters. The molecule has 0 atom stereocenters. The number of rotatable bonds is 4. The maximum Gasteiger partial charge on any atom is 0.294 e. The molecule has 0 aliphatic heterocycles. The fraction of sp³-hybridized carbons (Fsp3) is 0.400. The van der Waals surface area contributed by atoms with Gasteiger partial charge in [0, 0.05) is 43.6 Å². The second-order valence-electron chi connectivity index (χ2n) is 3.74. The van der Waals surface area contributed by atoms with Crippen molar-refractivity contribution in [1.29, 1.82) is 0 Å². The number of amides is 1. The zero-order valence-electron chi connectivity index (χ0n) is 10.6. The molecular weight excluding hydrogens is 304 g/mol. The molecule has 0 radical (unpaired) electrons. The number of nitrogens with zero attached hydrogens (tertiary/aromatic N) is 4. The van der Waals surface area contributed by atoms with Crippen molar-refractivity contribution in [3.63, 3.8) is 0 Å². The van der Waals surface area contributed by atoms with Crippen molar-refractivity contribution in [2.45, 2.75) is 18.7 Å². The maximum atomic E-state index is 11.5. The van der Waals surface area contributed by atoms with Crippen LogP contribution >= 0.6 is 34.6 Å². The summed E-state index contributed by atoms with van der Waals surface area (Å²) in [5.74, 6) is 0. The van der Waals surface area contributed by atoms with Crippen LogP contribution in [-0.4, -0.2) is 38.6 Å². The molecular formula is C10H12N4O2S3. The number of thioether (sulfide) groups is 1. The summed E-state index contributed by atoms with van der Waals surface area (Å²) in [6.45, 7) is 2.37. The van der Waals surface area contributed by atoms with Crippen LogP contribution in [0.3, 0.4) is 0 Å². The molecule has 0 aliphatic carbocycles. The molecule has 2 heterocycles. The molecule has 1 amide bonds. The van der Waals surface area contributed by atoms with Gasteiger partial charge in [0.05, 0.1) is 9.88 Å². The van der Waals surface area contributed by atoms with Gasteiger partial charge in [-0.25, -0.2) is 4.98 Å². The molecule has 6 nitrogen and oxygen atoms in total. The lowest BCUT2D eigenvalue weighted by atomic mass is 10.6. The predicted molar refractivity (Wildman–Crippen MR) is 76.0 cm³/mol. The highest BCUT2D eigenvalue weighted by atomic mass is 32.2. The molecule has 0 saturated heterocycles. The molecule has 2 rings (SSSR count). The summed E-state index contributed by atoms with van der Waals surface area (Å²) < 4.78 is 9.57. The molecule has 0 saturated carbocycles. The molecule has 2 aromatic rings. The van der Waals surface area contributed by atoms with Gasteiger partial charge in [0.25, 0.3) is 10.4 Å². The molecule has 19 heavy (non-hydrogen) atoms. The van der Waals surface area contributed by atoms with Gasteiger partial charge in [-0.2, -0.15) is 9.36 Å². The molecule has 2 aromatic heterocycles. The summed E-state index contributed by atoms with van der Waals surface area (Å²) in [4.78, 5) is 22.3. The zero-order valence-corrected chi connectivity index (χ0v) is 13.1. The van der Waals surface area contributed by atoms with Crippen LogP contribution in [-0.2, 0) is 6.61 Å². The van der Waals surface area contributed by atoms with Crippen molar-refractivity contribution in [3.05, 3.63) is 16.1 Å². The van der Waals surface area contributed by atoms with Crippen molar-refractivity contribution in [2.24, 2.45) is 0 Å². The van der Waals surface area contributed by atoms with Crippen LogP contribution in [0.2, 0.25) is 0 Å². The Labute approximate surface area is 123 Å². The number of aromatic nitrogens is 3. The normalized spacial score (nSPS) is 10.5. The minimum atomic E-state index is -0.109. The second-order valence-corrected chi connectivity index (χ2v) is 6.69. The van der Waals surface area contributed by atoms with Gasteiger partial charge in [0.2, 0.25) is 5.16 Å². The van der Waals surface area contributed by atoms with E-state index in [2.05, 4.69) is 14.3 Å². The SMILES string of the molecule is Cc1ncc(COc2nc(SC(=O)N(C)C)ns2)s1. The van der Waals surface area contributed by atoms with Gasteiger partial charge in [-0.05, 0) is 6.92 Å². The summed E-state index contributed by atoms with van der Waals surface area (Å²) in [7, 11) is 3.37. The fourth-order valence-electron chi connectivity index (χ4n) is 1.07. The van der Waals surface area contributed by atoms with Gasteiger partial charge < -0.3 is 9.64 Å². The average molecular weight is 316 g/mol. The van der Waals surface area contributed by atoms with Crippen molar-refractivity contribution in [2.75, 3.05) is 14.1 Å². The third-order valence-corrected chi connectivity index (χ3v) is 4.48. The lowest BCUT2D eigenvalue weighted by Gasteiger charge is -2.06. The van der Waals surface area contributed by atoms with Crippen LogP contribution in [0.1, 0.15) is 9.88 Å². The summed E-state index contributed by atoms with van der Waals surface area (Å²) in [5, 5.41) is 1.77. The lowest BCUT2D eigenvalue weighted by Crippen LogP contribution is -2.16. The van der Waals surface area contributed by atoms with E-state index in [0.717, 1.165) is 33.2 Å². The van der Waals surface area contributed by atoms with Gasteiger partial charge in [0.15, 0.2) is 0 Å². The Balaban J connectivity index is 1.88. The predicted octanol–water partition coefficient (Wildman–Crippen LogP) is 2.66. The van der Waals surface area contributed by atoms with E-state index < -0.39 is 0 Å². The van der Waals surface area contributed by atoms with Crippen molar-refractivity contribution in [3.8, 4) is 5.19 Å². The Morgan fingerprint density at radius 1 is 1.53 bits per heavy atom. The first-order valence-corrected chi connectivity index (χ1v) is 7.72. The van der Waals surface area contributed by atoms with Crippen LogP contribution in [0.15, 0.2) is 11.4 Å². The number of carbonyl (C=O) groups is 1. The highest BCUT2D eigenvalue weighted by molar-refractivity contribution is 8.13. The van der Waals surface area contributed by atoms with E-state index in [-0.39, 0.29) is 5.24 Å². The molecule has 9 heteroatoms. The van der Waals surface area contributed by atoms with E-state index in [9.17, 15) is 4.79 Å². The summed E-state index contributed by atoms with van der Waals surface area (Å²) >= 11 is 3.71. The van der Waals surface area contributed by atoms with Gasteiger partial charge in [-0.3, -0.25) is 4.79 Å². The monoisotopic (exact) mass is 316 g/mol. The number of ether oxygens (including phenoxy) is 1. The third kappa shape index (κ3) is 4.15. The molecule has 102 valence electrons. The molecule has 0 bridgehead atoms. The van der Waals surface area contributed by atoms with Crippen molar-refractivity contribution >= 4 is 39.9 Å². The Morgan fingerprint density at radius 2 is 2.32 bits per heavy atom. The van der Waals surface area contributed by atoms with E-state index in [1.54, 1.807) is 31.6 Å². The van der Waals surface area contributed by atoms with Crippen LogP contribution < -0.4 is 4.74 Å². The summed E-state index contributed by atoms with van der Waals surface area (Å²) in [6.07, 6.45) is 1.78. The minimum absolute atomic E-state index is 0.109. The van der Waals surface area contributed by atoms with E-state index in [1.807, 2.05) is 6.92 Å². The van der Waals surface area contributed by atoms with E-state index in [4.69, 9.17) is 4.74 Å². The standard InChI is InChI=1S/C10H12N4O2S3/c1-6-11-4-7(17-6)5-16-9-12-8(13-19-9)18-10(15)14(2)3/h4H,5H2,1-3H3. The van der Waals surface area contributed by atoms with Crippen molar-refractivity contribution in [1.82, 2.24) is 19.2 Å². The molecule has 0 N–H and O–H groups in total. The van der Waals surface area contributed by atoms with Crippen LogP contribution in [0, 0.1) is 6.92 Å². The Kier molecular flexibility index (Phi) is 4.72. The van der Waals surface area contributed by atoms with Crippen molar-refractivity contribution < 1.29 is 9.53 Å². The van der Waals surface area contributed by atoms with Crippen LogP contribution in [0.4, 0.5) is 4.79 Å². The Bertz CT molecular complexity index is 567. The maximum absolute atomic E-state index is 11.5. The van der Waals surface area contributed by atoms with Gasteiger partial charge in [-0.1, -0.05) is 0 Å². The number of aryl methyl sites for hydroxylation is 1. The first kappa shape index (κ1) is 14.2. The minimum Gasteiger partial charge on any atom is -0.463 e. The van der Waals surface area contributed by atoms with E-state index in [0.29, 0.717) is 17.0 Å². The van der Waals surface area contributed by atoms with Crippen LogP contribution in [0.25, 0.3) is 0 Å². The highest BCUT2D eigenvalue weighted by Gasteiger charge is 2.12. The fourth-order valence-corrected chi connectivity index (χ4v) is 3.00. The zero-order chi connectivity index (χ0) is 13.8. The van der Waals surface area contributed by atoms with E-state index >= 15 is 0 Å². The Hall–Kier alpha value is -1.19. The molecule has 0 aliphatic rings. The second kappa shape index (κ2) is 6.31. The Morgan fingerprint density at radius 3 is 2.95 bits per heavy atom. The quantitative estimate of drug-likeness (QED) is 0.808. The summed E-state index contributed by atoms with van der Waals surface area (Å²) in [5.41, 5.74) is 0. The highest BCUT2D eigenvalue weighted by Crippen LogP contribution is 2.24. The van der Waals surface area contributed by atoms with Gasteiger partial charge in [0.1, 0.15) is 6.61 Å².